The first-order valence-corrected chi connectivity index (χ1v) is 12.2. The van der Waals surface area contributed by atoms with Gasteiger partial charge >= 0.3 is 0 Å². The maximum Gasteiger partial charge on any atom is 0.270 e. The number of hydrogen-bond donors (Lipinski definition) is 3. The Hall–Kier alpha value is -4.93. The van der Waals surface area contributed by atoms with E-state index < -0.39 is 5.91 Å². The minimum Gasteiger partial charge on any atom is -0.441 e. The predicted molar refractivity (Wildman–Crippen MR) is 137 cm³/mol. The summed E-state index contributed by atoms with van der Waals surface area (Å²) in [6, 6.07) is 10.8. The van der Waals surface area contributed by atoms with E-state index in [-0.39, 0.29) is 29.9 Å². The van der Waals surface area contributed by atoms with Crippen molar-refractivity contribution in [3.8, 4) is 11.4 Å². The summed E-state index contributed by atoms with van der Waals surface area (Å²) < 4.78 is 5.49. The summed E-state index contributed by atoms with van der Waals surface area (Å²) in [6.45, 7) is 4.12. The predicted octanol–water partition coefficient (Wildman–Crippen LogP) is 3.37. The number of aromatic nitrogens is 6. The number of fused-ring (bicyclic) bond motifs is 2. The van der Waals surface area contributed by atoms with Crippen molar-refractivity contribution >= 4 is 22.9 Å². The van der Waals surface area contributed by atoms with Crippen LogP contribution in [0, 0.1) is 13.8 Å². The molecule has 2 amide bonds. The smallest absolute Gasteiger partial charge is 0.270 e. The molecule has 0 saturated heterocycles. The van der Waals surface area contributed by atoms with Crippen molar-refractivity contribution in [1.82, 2.24) is 40.8 Å². The Kier molecular flexibility index (Phi) is 5.87. The molecule has 6 rings (SSSR count). The molecule has 0 saturated carbocycles. The van der Waals surface area contributed by atoms with Gasteiger partial charge in [-0.1, -0.05) is 18.2 Å². The second-order valence-electron chi connectivity index (χ2n) is 9.21. The monoisotopic (exact) mass is 508 g/mol. The van der Waals surface area contributed by atoms with Crippen LogP contribution in [0.4, 0.5) is 0 Å². The molecule has 3 heterocycles. The number of aromatic amines is 1. The van der Waals surface area contributed by atoms with Crippen LogP contribution in [0.2, 0.25) is 0 Å². The van der Waals surface area contributed by atoms with Crippen molar-refractivity contribution in [2.45, 2.75) is 39.3 Å². The molecule has 11 nitrogen and oxygen atoms in total. The molecule has 3 aromatic heterocycles. The summed E-state index contributed by atoms with van der Waals surface area (Å²) >= 11 is 0. The highest BCUT2D eigenvalue weighted by molar-refractivity contribution is 5.97. The third-order valence-electron chi connectivity index (χ3n) is 6.81. The summed E-state index contributed by atoms with van der Waals surface area (Å²) in [7, 11) is 0. The van der Waals surface area contributed by atoms with Crippen molar-refractivity contribution in [1.29, 1.82) is 0 Å². The first-order chi connectivity index (χ1) is 18.5. The van der Waals surface area contributed by atoms with Crippen LogP contribution in [-0.2, 0) is 13.0 Å². The topological polar surface area (TPSA) is 152 Å². The number of rotatable bonds is 6. The lowest BCUT2D eigenvalue weighted by Gasteiger charge is -2.15. The molecule has 38 heavy (non-hydrogen) atoms. The molecule has 11 heteroatoms. The van der Waals surface area contributed by atoms with Crippen molar-refractivity contribution in [2.24, 2.45) is 0 Å². The van der Waals surface area contributed by atoms with E-state index in [1.165, 1.54) is 24.3 Å². The number of hydrogen-bond acceptors (Lipinski definition) is 8. The third kappa shape index (κ3) is 4.38. The average Bonchev–Trinajstić information content (AvgIpc) is 3.67. The van der Waals surface area contributed by atoms with Gasteiger partial charge in [0.1, 0.15) is 29.6 Å². The number of nitrogens with one attached hydrogen (secondary N) is 3. The Morgan fingerprint density at radius 1 is 1.03 bits per heavy atom. The lowest BCUT2D eigenvalue weighted by molar-refractivity contribution is 0.0931. The van der Waals surface area contributed by atoms with Gasteiger partial charge in [0.05, 0.1) is 6.04 Å². The largest absolute Gasteiger partial charge is 0.441 e. The van der Waals surface area contributed by atoms with Gasteiger partial charge in [-0.05, 0) is 54.2 Å². The molecule has 190 valence electrons. The summed E-state index contributed by atoms with van der Waals surface area (Å²) in [5.74, 6) is 0.543. The van der Waals surface area contributed by atoms with Crippen LogP contribution < -0.4 is 10.6 Å². The number of carbonyl (C=O) groups excluding carboxylic acids is 2. The first-order valence-electron chi connectivity index (χ1n) is 12.2. The van der Waals surface area contributed by atoms with Gasteiger partial charge < -0.3 is 15.1 Å². The molecular weight excluding hydrogens is 484 g/mol. The van der Waals surface area contributed by atoms with Gasteiger partial charge in [-0.2, -0.15) is 5.10 Å². The standard InChI is InChI=1S/C27H24N8O3/c1-14-17-6-7-20(19(17)5-4-18(14)25-31-13-32-35-25)34-27(37)23-10-22(29-12-30-23)26(36)28-11-16-3-8-24-21(9-16)33-15(2)38-24/h3-5,8-10,12-13,20H,6-7,11H2,1-2H3,(H,28,36)(H,34,37)(H,31,32,35)/t20-/m0/s1. The van der Waals surface area contributed by atoms with Crippen LogP contribution in [0.15, 0.2) is 53.5 Å². The molecule has 0 radical (unpaired) electrons. The zero-order valence-corrected chi connectivity index (χ0v) is 20.8. The second-order valence-corrected chi connectivity index (χ2v) is 9.21. The van der Waals surface area contributed by atoms with Gasteiger partial charge in [0.15, 0.2) is 17.3 Å². The number of H-pyrrole nitrogens is 1. The van der Waals surface area contributed by atoms with Gasteiger partial charge in [-0.25, -0.2) is 19.9 Å². The summed E-state index contributed by atoms with van der Waals surface area (Å²) in [6.07, 6.45) is 4.32. The lowest BCUT2D eigenvalue weighted by Crippen LogP contribution is -2.29. The second kappa shape index (κ2) is 9.51. The molecule has 0 unspecified atom stereocenters. The highest BCUT2D eigenvalue weighted by Gasteiger charge is 2.27. The summed E-state index contributed by atoms with van der Waals surface area (Å²) in [4.78, 5) is 42.5. The maximum absolute atomic E-state index is 13.1. The molecule has 1 aliphatic carbocycles. The van der Waals surface area contributed by atoms with E-state index in [1.54, 1.807) is 6.92 Å². The summed E-state index contributed by atoms with van der Waals surface area (Å²) in [5, 5.41) is 12.7. The molecule has 0 fully saturated rings. The fourth-order valence-electron chi connectivity index (χ4n) is 4.93. The molecule has 0 spiro atoms. The average molecular weight is 509 g/mol. The Morgan fingerprint density at radius 3 is 2.68 bits per heavy atom. The van der Waals surface area contributed by atoms with E-state index >= 15 is 0 Å². The van der Waals surface area contributed by atoms with E-state index in [0.717, 1.165) is 46.4 Å². The highest BCUT2D eigenvalue weighted by atomic mass is 16.3. The lowest BCUT2D eigenvalue weighted by atomic mass is 9.97. The summed E-state index contributed by atoms with van der Waals surface area (Å²) in [5.41, 5.74) is 6.93. The van der Waals surface area contributed by atoms with Crippen LogP contribution in [0.3, 0.4) is 0 Å². The molecule has 5 aromatic rings. The first kappa shape index (κ1) is 23.5. The van der Waals surface area contributed by atoms with Crippen molar-refractivity contribution < 1.29 is 14.0 Å². The SMILES string of the molecule is Cc1nc2cc(CNC(=O)c3cc(C(=O)N[C@H]4CCc5c4ccc(-c4ncn[nH]4)c5C)ncn3)ccc2o1. The van der Waals surface area contributed by atoms with Crippen LogP contribution >= 0.6 is 0 Å². The Labute approximate surface area is 217 Å². The zero-order chi connectivity index (χ0) is 26.2. The van der Waals surface area contributed by atoms with Crippen molar-refractivity contribution in [3.05, 3.63) is 88.6 Å². The van der Waals surface area contributed by atoms with E-state index in [0.29, 0.717) is 11.5 Å². The number of nitrogens with zero attached hydrogens (tertiary/aromatic N) is 5. The van der Waals surface area contributed by atoms with Crippen molar-refractivity contribution in [2.75, 3.05) is 0 Å². The minimum absolute atomic E-state index is 0.114. The normalized spacial score (nSPS) is 14.4. The quantitative estimate of drug-likeness (QED) is 0.316. The van der Waals surface area contributed by atoms with Gasteiger partial charge in [0, 0.05) is 25.1 Å². The van der Waals surface area contributed by atoms with E-state index in [1.807, 2.05) is 30.3 Å². The van der Waals surface area contributed by atoms with Crippen LogP contribution in [0.5, 0.6) is 0 Å². The Balaban J connectivity index is 1.13. The van der Waals surface area contributed by atoms with Gasteiger partial charge in [-0.15, -0.1) is 0 Å². The number of carbonyl (C=O) groups is 2. The molecule has 1 aliphatic rings. The van der Waals surface area contributed by atoms with E-state index in [9.17, 15) is 9.59 Å². The molecule has 0 bridgehead atoms. The number of oxazole rings is 1. The van der Waals surface area contributed by atoms with E-state index in [4.69, 9.17) is 4.42 Å². The number of benzene rings is 2. The highest BCUT2D eigenvalue weighted by Crippen LogP contribution is 2.37. The fraction of sp³-hybridized carbons (Fsp3) is 0.222. The van der Waals surface area contributed by atoms with Gasteiger partial charge in [-0.3, -0.25) is 14.7 Å². The Bertz CT molecular complexity index is 1680. The molecule has 2 aromatic carbocycles. The number of amides is 2. The van der Waals surface area contributed by atoms with Crippen LogP contribution in [-0.4, -0.2) is 41.9 Å². The van der Waals surface area contributed by atoms with Gasteiger partial charge in [0.25, 0.3) is 11.8 Å². The fourth-order valence-corrected chi connectivity index (χ4v) is 4.93. The van der Waals surface area contributed by atoms with Crippen molar-refractivity contribution in [3.63, 3.8) is 0 Å². The minimum atomic E-state index is -0.403. The van der Waals surface area contributed by atoms with Crippen LogP contribution in [0.1, 0.15) is 61.6 Å². The van der Waals surface area contributed by atoms with E-state index in [2.05, 4.69) is 47.7 Å². The number of aryl methyl sites for hydroxylation is 1. The molecular formula is C27H24N8O3. The maximum atomic E-state index is 13.1. The third-order valence-corrected chi connectivity index (χ3v) is 6.81. The zero-order valence-electron chi connectivity index (χ0n) is 20.8. The van der Waals surface area contributed by atoms with Crippen LogP contribution in [0.25, 0.3) is 22.5 Å². The Morgan fingerprint density at radius 2 is 1.87 bits per heavy atom. The van der Waals surface area contributed by atoms with Gasteiger partial charge in [0.2, 0.25) is 0 Å². The molecule has 0 aliphatic heterocycles. The molecule has 1 atom stereocenters. The molecule has 3 N–H and O–H groups in total.